The Hall–Kier alpha value is -3.52. The molecule has 2 aromatic carbocycles. The lowest BCUT2D eigenvalue weighted by Gasteiger charge is -2.14. The maximum Gasteiger partial charge on any atom is 0.191 e. The zero-order valence-electron chi connectivity index (χ0n) is 18.5. The minimum atomic E-state index is 0.661. The summed E-state index contributed by atoms with van der Waals surface area (Å²) in [6.07, 6.45) is 3.28. The molecule has 0 unspecified atom stereocenters. The normalized spacial score (nSPS) is 11.5. The molecule has 2 aromatic heterocycles. The standard InChI is InChI=1S/C24H27N7S/c1-17-18(2)32-23(30-17)13-28-24(25-3)27-12-21-6-4-5-7-22(21)20-10-8-19(9-11-20)14-31-16-26-15-29-31/h4-11,15-16H,12-14H2,1-3H3,(H2,25,27,28). The van der Waals surface area contributed by atoms with Gasteiger partial charge in [0.2, 0.25) is 0 Å². The number of benzene rings is 2. The Bertz CT molecular complexity index is 1160. The molecule has 0 saturated heterocycles. The molecule has 0 bridgehead atoms. The van der Waals surface area contributed by atoms with E-state index in [1.165, 1.54) is 27.1 Å². The molecule has 2 N–H and O–H groups in total. The van der Waals surface area contributed by atoms with E-state index in [2.05, 4.69) is 86.1 Å². The van der Waals surface area contributed by atoms with E-state index in [0.717, 1.165) is 16.7 Å². The van der Waals surface area contributed by atoms with Crippen molar-refractivity contribution in [1.82, 2.24) is 30.4 Å². The predicted molar refractivity (Wildman–Crippen MR) is 130 cm³/mol. The quantitative estimate of drug-likeness (QED) is 0.333. The van der Waals surface area contributed by atoms with Gasteiger partial charge in [-0.1, -0.05) is 48.5 Å². The summed E-state index contributed by atoms with van der Waals surface area (Å²) < 4.78 is 1.82. The molecule has 32 heavy (non-hydrogen) atoms. The molecule has 0 aliphatic heterocycles. The van der Waals surface area contributed by atoms with Gasteiger partial charge in [0.1, 0.15) is 17.7 Å². The number of aliphatic imine (C=N–C) groups is 1. The van der Waals surface area contributed by atoms with Crippen molar-refractivity contribution in [2.75, 3.05) is 7.05 Å². The highest BCUT2D eigenvalue weighted by atomic mass is 32.1. The van der Waals surface area contributed by atoms with E-state index in [1.54, 1.807) is 31.0 Å². The maximum atomic E-state index is 4.58. The topological polar surface area (TPSA) is 80.0 Å². The number of hydrogen-bond donors (Lipinski definition) is 2. The van der Waals surface area contributed by atoms with Crippen LogP contribution in [0.2, 0.25) is 0 Å². The molecule has 0 aliphatic carbocycles. The highest BCUT2D eigenvalue weighted by Crippen LogP contribution is 2.24. The summed E-state index contributed by atoms with van der Waals surface area (Å²) in [5.41, 5.74) is 5.87. The first-order chi connectivity index (χ1) is 15.6. The van der Waals surface area contributed by atoms with E-state index in [9.17, 15) is 0 Å². The maximum absolute atomic E-state index is 4.58. The number of thiazole rings is 1. The Morgan fingerprint density at radius 2 is 1.81 bits per heavy atom. The van der Waals surface area contributed by atoms with Crippen LogP contribution in [0.5, 0.6) is 0 Å². The lowest BCUT2D eigenvalue weighted by atomic mass is 9.98. The molecule has 0 amide bonds. The molecule has 0 saturated carbocycles. The van der Waals surface area contributed by atoms with E-state index >= 15 is 0 Å². The third-order valence-electron chi connectivity index (χ3n) is 5.24. The molecule has 4 aromatic rings. The van der Waals surface area contributed by atoms with E-state index in [0.29, 0.717) is 19.6 Å². The monoisotopic (exact) mass is 445 g/mol. The van der Waals surface area contributed by atoms with Crippen molar-refractivity contribution in [3.8, 4) is 11.1 Å². The highest BCUT2D eigenvalue weighted by Gasteiger charge is 2.08. The summed E-state index contributed by atoms with van der Waals surface area (Å²) in [5, 5.41) is 12.0. The van der Waals surface area contributed by atoms with Crippen LogP contribution < -0.4 is 10.6 Å². The third-order valence-corrected chi connectivity index (χ3v) is 6.32. The molecule has 0 radical (unpaired) electrons. The SMILES string of the molecule is CN=C(NCc1nc(C)c(C)s1)NCc1ccccc1-c1ccc(Cn2cncn2)cc1. The van der Waals surface area contributed by atoms with Crippen molar-refractivity contribution < 1.29 is 0 Å². The Balaban J connectivity index is 1.40. The van der Waals surface area contributed by atoms with Gasteiger partial charge in [0.25, 0.3) is 0 Å². The molecule has 0 atom stereocenters. The van der Waals surface area contributed by atoms with Crippen molar-refractivity contribution in [3.63, 3.8) is 0 Å². The zero-order valence-corrected chi connectivity index (χ0v) is 19.4. The first-order valence-electron chi connectivity index (χ1n) is 10.5. The summed E-state index contributed by atoms with van der Waals surface area (Å²) in [4.78, 5) is 14.2. The number of aromatic nitrogens is 4. The van der Waals surface area contributed by atoms with Crippen molar-refractivity contribution in [3.05, 3.63) is 87.9 Å². The Morgan fingerprint density at radius 3 is 2.50 bits per heavy atom. The molecule has 4 rings (SSSR count). The average Bonchev–Trinajstić information content (AvgIpc) is 3.44. The smallest absolute Gasteiger partial charge is 0.191 e. The number of nitrogens with zero attached hydrogens (tertiary/aromatic N) is 5. The van der Waals surface area contributed by atoms with Gasteiger partial charge in [-0.25, -0.2) is 14.6 Å². The van der Waals surface area contributed by atoms with Crippen LogP contribution in [0.15, 0.2) is 66.2 Å². The second-order valence-corrected chi connectivity index (χ2v) is 8.76. The fraction of sp³-hybridized carbons (Fsp3) is 0.250. The molecule has 164 valence electrons. The molecule has 2 heterocycles. The summed E-state index contributed by atoms with van der Waals surface area (Å²) in [5.74, 6) is 0.758. The lowest BCUT2D eigenvalue weighted by Crippen LogP contribution is -2.36. The Morgan fingerprint density at radius 1 is 1.03 bits per heavy atom. The zero-order chi connectivity index (χ0) is 22.3. The number of rotatable bonds is 7. The molecule has 0 spiro atoms. The summed E-state index contributed by atoms with van der Waals surface area (Å²) in [7, 11) is 1.79. The van der Waals surface area contributed by atoms with Gasteiger partial charge in [0.05, 0.1) is 18.8 Å². The van der Waals surface area contributed by atoms with Gasteiger partial charge in [-0.05, 0) is 36.1 Å². The van der Waals surface area contributed by atoms with Crippen molar-refractivity contribution in [1.29, 1.82) is 0 Å². The van der Waals surface area contributed by atoms with Crippen molar-refractivity contribution in [2.24, 2.45) is 4.99 Å². The minimum absolute atomic E-state index is 0.661. The molecule has 0 aliphatic rings. The fourth-order valence-electron chi connectivity index (χ4n) is 3.42. The van der Waals surface area contributed by atoms with Crippen LogP contribution in [-0.4, -0.2) is 32.8 Å². The first kappa shape index (κ1) is 21.7. The lowest BCUT2D eigenvalue weighted by molar-refractivity contribution is 0.685. The van der Waals surface area contributed by atoms with Gasteiger partial charge >= 0.3 is 0 Å². The summed E-state index contributed by atoms with van der Waals surface area (Å²) in [6.45, 7) is 6.19. The molecular weight excluding hydrogens is 418 g/mol. The van der Waals surface area contributed by atoms with Crippen molar-refractivity contribution >= 4 is 17.3 Å². The second-order valence-electron chi connectivity index (χ2n) is 7.48. The third kappa shape index (κ3) is 5.39. The van der Waals surface area contributed by atoms with Crippen molar-refractivity contribution in [2.45, 2.75) is 33.5 Å². The Kier molecular flexibility index (Phi) is 6.91. The first-order valence-corrected chi connectivity index (χ1v) is 11.3. The largest absolute Gasteiger partial charge is 0.352 e. The van der Waals surface area contributed by atoms with Crippen LogP contribution in [0, 0.1) is 13.8 Å². The van der Waals surface area contributed by atoms with E-state index in [1.807, 2.05) is 11.6 Å². The van der Waals surface area contributed by atoms with Gasteiger partial charge < -0.3 is 10.6 Å². The number of guanidine groups is 1. The van der Waals surface area contributed by atoms with Gasteiger partial charge in [-0.15, -0.1) is 11.3 Å². The molecule has 7 nitrogen and oxygen atoms in total. The number of aryl methyl sites for hydroxylation is 2. The van der Waals surface area contributed by atoms with Crippen LogP contribution >= 0.6 is 11.3 Å². The van der Waals surface area contributed by atoms with Crippen LogP contribution in [0.25, 0.3) is 11.1 Å². The van der Waals surface area contributed by atoms with Crippen LogP contribution in [0.4, 0.5) is 0 Å². The van der Waals surface area contributed by atoms with Gasteiger partial charge in [-0.2, -0.15) is 5.10 Å². The summed E-state index contributed by atoms with van der Waals surface area (Å²) in [6, 6.07) is 17.0. The molecule has 8 heteroatoms. The number of nitrogens with one attached hydrogen (secondary N) is 2. The van der Waals surface area contributed by atoms with Gasteiger partial charge in [0.15, 0.2) is 5.96 Å². The summed E-state index contributed by atoms with van der Waals surface area (Å²) >= 11 is 1.72. The molecule has 0 fully saturated rings. The molecular formula is C24H27N7S. The van der Waals surface area contributed by atoms with E-state index in [-0.39, 0.29) is 0 Å². The van der Waals surface area contributed by atoms with E-state index < -0.39 is 0 Å². The van der Waals surface area contributed by atoms with Crippen LogP contribution in [-0.2, 0) is 19.6 Å². The predicted octanol–water partition coefficient (Wildman–Crippen LogP) is 3.93. The van der Waals surface area contributed by atoms with Crippen LogP contribution in [0.3, 0.4) is 0 Å². The minimum Gasteiger partial charge on any atom is -0.352 e. The average molecular weight is 446 g/mol. The van der Waals surface area contributed by atoms with Gasteiger partial charge in [0, 0.05) is 18.5 Å². The van der Waals surface area contributed by atoms with Crippen LogP contribution in [0.1, 0.15) is 26.7 Å². The fourth-order valence-corrected chi connectivity index (χ4v) is 4.29. The Labute approximate surface area is 192 Å². The number of hydrogen-bond acceptors (Lipinski definition) is 5. The highest BCUT2D eigenvalue weighted by molar-refractivity contribution is 7.11. The van der Waals surface area contributed by atoms with Gasteiger partial charge in [-0.3, -0.25) is 4.99 Å². The van der Waals surface area contributed by atoms with E-state index in [4.69, 9.17) is 0 Å². The second kappa shape index (κ2) is 10.2.